The van der Waals surface area contributed by atoms with Gasteiger partial charge in [-0.05, 0) is 61.6 Å². The molecule has 1 aliphatic rings. The molecular weight excluding hydrogens is 483 g/mol. The minimum Gasteiger partial charge on any atom is -0.338 e. The topological polar surface area (TPSA) is 101 Å². The van der Waals surface area contributed by atoms with Crippen LogP contribution in [-0.4, -0.2) is 43.1 Å². The molecule has 1 aliphatic carbocycles. The Bertz CT molecular complexity index is 1020. The van der Waals surface area contributed by atoms with Crippen LogP contribution in [0.25, 0.3) is 0 Å². The summed E-state index contributed by atoms with van der Waals surface area (Å²) < 4.78 is 40.7. The number of nitrogens with one attached hydrogen (secondary N) is 2. The normalized spacial score (nSPS) is 14.6. The van der Waals surface area contributed by atoms with Gasteiger partial charge in [-0.2, -0.15) is 0 Å². The number of pyridine rings is 1. The van der Waals surface area contributed by atoms with E-state index in [-0.39, 0.29) is 23.6 Å². The summed E-state index contributed by atoms with van der Waals surface area (Å²) in [5.74, 6) is -0.478. The number of hydroxylamine groups is 1. The van der Waals surface area contributed by atoms with E-state index >= 15 is 0 Å². The van der Waals surface area contributed by atoms with Crippen LogP contribution in [0.2, 0.25) is 0 Å². The van der Waals surface area contributed by atoms with E-state index in [1.54, 1.807) is 12.4 Å². The third-order valence-electron chi connectivity index (χ3n) is 6.18. The van der Waals surface area contributed by atoms with Crippen LogP contribution >= 0.6 is 0 Å². The highest BCUT2D eigenvalue weighted by molar-refractivity contribution is 7.89. The van der Waals surface area contributed by atoms with E-state index in [4.69, 9.17) is 4.84 Å². The number of hydrogen-bond donors (Lipinski definition) is 2. The maximum absolute atomic E-state index is 13.3. The molecule has 0 atom stereocenters. The monoisotopic (exact) mass is 520 g/mol. The Morgan fingerprint density at radius 1 is 1.00 bits per heavy atom. The van der Waals surface area contributed by atoms with Gasteiger partial charge in [0.25, 0.3) is 10.0 Å². The quantitative estimate of drug-likeness (QED) is 0.272. The van der Waals surface area contributed by atoms with E-state index in [1.165, 1.54) is 12.1 Å². The van der Waals surface area contributed by atoms with Gasteiger partial charge in [0, 0.05) is 32.0 Å². The van der Waals surface area contributed by atoms with Gasteiger partial charge in [0.1, 0.15) is 5.82 Å². The lowest BCUT2D eigenvalue weighted by Crippen LogP contribution is -2.37. The minimum atomic E-state index is -3.87. The summed E-state index contributed by atoms with van der Waals surface area (Å²) >= 11 is 0. The molecule has 36 heavy (non-hydrogen) atoms. The molecule has 0 saturated heterocycles. The van der Waals surface area contributed by atoms with Crippen molar-refractivity contribution in [2.24, 2.45) is 0 Å². The van der Waals surface area contributed by atoms with Gasteiger partial charge in [-0.25, -0.2) is 17.6 Å². The van der Waals surface area contributed by atoms with E-state index in [9.17, 15) is 17.6 Å². The second-order valence-corrected chi connectivity index (χ2v) is 10.9. The average Bonchev–Trinajstić information content (AvgIpc) is 2.89. The zero-order valence-corrected chi connectivity index (χ0v) is 21.5. The molecule has 0 bridgehead atoms. The van der Waals surface area contributed by atoms with E-state index in [0.29, 0.717) is 19.5 Å². The van der Waals surface area contributed by atoms with Crippen LogP contribution in [0.4, 0.5) is 9.18 Å². The van der Waals surface area contributed by atoms with Gasteiger partial charge in [-0.3, -0.25) is 9.82 Å². The molecule has 1 saturated carbocycles. The Kier molecular flexibility index (Phi) is 11.6. The Morgan fingerprint density at radius 3 is 2.44 bits per heavy atom. The number of hydrogen-bond acceptors (Lipinski definition) is 5. The predicted octanol–water partition coefficient (Wildman–Crippen LogP) is 4.93. The molecule has 2 N–H and O–H groups in total. The van der Waals surface area contributed by atoms with Gasteiger partial charge in [0.15, 0.2) is 0 Å². The number of sulfonamides is 1. The van der Waals surface area contributed by atoms with Crippen LogP contribution < -0.4 is 10.6 Å². The van der Waals surface area contributed by atoms with Crippen molar-refractivity contribution in [3.8, 4) is 0 Å². The summed E-state index contributed by atoms with van der Waals surface area (Å²) in [7, 11) is -3.87. The van der Waals surface area contributed by atoms with Gasteiger partial charge >= 0.3 is 6.03 Å². The van der Waals surface area contributed by atoms with Crippen molar-refractivity contribution in [2.75, 3.05) is 13.1 Å². The smallest absolute Gasteiger partial charge is 0.315 e. The molecule has 3 rings (SSSR count). The maximum Gasteiger partial charge on any atom is 0.315 e. The van der Waals surface area contributed by atoms with Gasteiger partial charge in [0.05, 0.1) is 11.0 Å². The zero-order chi connectivity index (χ0) is 25.6. The third-order valence-corrected chi connectivity index (χ3v) is 7.85. The fourth-order valence-electron chi connectivity index (χ4n) is 4.14. The molecule has 1 aromatic carbocycles. The molecule has 0 aliphatic heterocycles. The Hall–Kier alpha value is -2.56. The van der Waals surface area contributed by atoms with Crippen LogP contribution in [0.15, 0.2) is 53.7 Å². The fraction of sp³-hybridized carbons (Fsp3) is 0.538. The lowest BCUT2D eigenvalue weighted by Gasteiger charge is -2.29. The number of amides is 2. The van der Waals surface area contributed by atoms with Crippen LogP contribution in [0.3, 0.4) is 0 Å². The molecular formula is C26H37FN4O4S. The van der Waals surface area contributed by atoms with E-state index in [2.05, 4.69) is 15.6 Å². The first-order chi connectivity index (χ1) is 17.4. The lowest BCUT2D eigenvalue weighted by atomic mass is 9.98. The molecule has 2 amide bonds. The number of urea groups is 1. The number of aromatic nitrogens is 1. The highest BCUT2D eigenvalue weighted by atomic mass is 32.2. The van der Waals surface area contributed by atoms with Gasteiger partial charge in [0.2, 0.25) is 0 Å². The Balaban J connectivity index is 1.36. The molecule has 0 spiro atoms. The van der Waals surface area contributed by atoms with Crippen molar-refractivity contribution in [1.29, 1.82) is 0 Å². The van der Waals surface area contributed by atoms with E-state index in [0.717, 1.165) is 80.0 Å². The van der Waals surface area contributed by atoms with Crippen molar-refractivity contribution >= 4 is 16.1 Å². The van der Waals surface area contributed by atoms with Crippen molar-refractivity contribution in [2.45, 2.75) is 81.8 Å². The van der Waals surface area contributed by atoms with Crippen LogP contribution in [0.1, 0.15) is 69.8 Å². The standard InChI is InChI=1S/C26H37FN4O4S/c27-23-13-15-25(16-14-23)36(33,34)31(35-24-11-5-4-6-12-24)19-8-3-1-2-7-18-29-26(32)30-21-22-10-9-17-28-20-22/h9-10,13-17,20,24H,1-8,11-12,18-19,21H2,(H2,29,30,32). The van der Waals surface area contributed by atoms with Gasteiger partial charge in [-0.15, -0.1) is 0 Å². The fourth-order valence-corrected chi connectivity index (χ4v) is 5.46. The summed E-state index contributed by atoms with van der Waals surface area (Å²) in [5, 5.41) is 5.64. The largest absolute Gasteiger partial charge is 0.338 e. The maximum atomic E-state index is 13.3. The van der Waals surface area contributed by atoms with Crippen molar-refractivity contribution < 1.29 is 22.4 Å². The van der Waals surface area contributed by atoms with Crippen LogP contribution in [0, 0.1) is 5.82 Å². The molecule has 1 fully saturated rings. The summed E-state index contributed by atoms with van der Waals surface area (Å²) in [6, 6.07) is 8.38. The molecule has 10 heteroatoms. The number of carbonyl (C=O) groups is 1. The lowest BCUT2D eigenvalue weighted by molar-refractivity contribution is -0.143. The average molecular weight is 521 g/mol. The highest BCUT2D eigenvalue weighted by Gasteiger charge is 2.29. The zero-order valence-electron chi connectivity index (χ0n) is 20.7. The number of rotatable bonds is 14. The third kappa shape index (κ3) is 9.48. The molecule has 8 nitrogen and oxygen atoms in total. The molecule has 0 radical (unpaired) electrons. The molecule has 0 unspecified atom stereocenters. The summed E-state index contributed by atoms with van der Waals surface area (Å²) in [5.41, 5.74) is 0.940. The van der Waals surface area contributed by atoms with Crippen LogP contribution in [0.5, 0.6) is 0 Å². The summed E-state index contributed by atoms with van der Waals surface area (Å²) in [4.78, 5) is 21.9. The Morgan fingerprint density at radius 2 is 1.72 bits per heavy atom. The van der Waals surface area contributed by atoms with E-state index < -0.39 is 15.8 Å². The first kappa shape index (κ1) is 28.0. The van der Waals surface area contributed by atoms with Crippen molar-refractivity contribution in [1.82, 2.24) is 20.1 Å². The number of halogens is 1. The number of carbonyl (C=O) groups excluding carboxylic acids is 1. The first-order valence-electron chi connectivity index (χ1n) is 12.8. The van der Waals surface area contributed by atoms with E-state index in [1.807, 2.05) is 12.1 Å². The SMILES string of the molecule is O=C(NCCCCCCCN(OC1CCCCC1)S(=O)(=O)c1ccc(F)cc1)NCc1cccnc1. The van der Waals surface area contributed by atoms with Gasteiger partial charge < -0.3 is 10.6 Å². The predicted molar refractivity (Wildman–Crippen MR) is 136 cm³/mol. The van der Waals surface area contributed by atoms with Crippen molar-refractivity contribution in [3.05, 3.63) is 60.2 Å². The minimum absolute atomic E-state index is 0.0348. The molecule has 1 aromatic heterocycles. The Labute approximate surface area is 213 Å². The second kappa shape index (κ2) is 14.9. The number of nitrogens with zero attached hydrogens (tertiary/aromatic N) is 2. The highest BCUT2D eigenvalue weighted by Crippen LogP contribution is 2.25. The van der Waals surface area contributed by atoms with Gasteiger partial charge in [-0.1, -0.05) is 49.1 Å². The molecule has 1 heterocycles. The first-order valence-corrected chi connectivity index (χ1v) is 14.2. The van der Waals surface area contributed by atoms with Crippen LogP contribution in [-0.2, 0) is 21.4 Å². The molecule has 198 valence electrons. The number of unbranched alkanes of at least 4 members (excludes halogenated alkanes) is 4. The summed E-state index contributed by atoms with van der Waals surface area (Å²) in [6.45, 7) is 1.26. The number of benzene rings is 1. The molecule has 2 aromatic rings. The van der Waals surface area contributed by atoms with Crippen molar-refractivity contribution in [3.63, 3.8) is 0 Å². The second-order valence-electron chi connectivity index (χ2n) is 9.09. The summed E-state index contributed by atoms with van der Waals surface area (Å²) in [6.07, 6.45) is 12.4.